The highest BCUT2D eigenvalue weighted by atomic mass is 19.1. The summed E-state index contributed by atoms with van der Waals surface area (Å²) in [6.45, 7) is 3.14. The molecule has 0 amide bonds. The molecule has 2 rings (SSSR count). The Balaban J connectivity index is 2.26. The molecular weight excluding hydrogens is 275 g/mol. The van der Waals surface area contributed by atoms with Gasteiger partial charge in [-0.2, -0.15) is 0 Å². The van der Waals surface area contributed by atoms with Gasteiger partial charge >= 0.3 is 0 Å². The predicted molar refractivity (Wildman–Crippen MR) is 77.0 cm³/mol. The molecule has 2 aromatic rings. The van der Waals surface area contributed by atoms with E-state index in [0.717, 1.165) is 6.54 Å². The lowest BCUT2D eigenvalue weighted by molar-refractivity contribution is -0.384. The number of nitrogens with one attached hydrogen (secondary N) is 1. The average Bonchev–Trinajstić information content (AvgIpc) is 2.47. The highest BCUT2D eigenvalue weighted by Gasteiger charge is 2.10. The molecule has 0 spiro atoms. The van der Waals surface area contributed by atoms with Crippen LogP contribution in [0.3, 0.4) is 0 Å². The maximum absolute atomic E-state index is 13.3. The Morgan fingerprint density at radius 2 is 2.10 bits per heavy atom. The van der Waals surface area contributed by atoms with Crippen LogP contribution in [0.1, 0.15) is 12.5 Å². The molecule has 0 radical (unpaired) electrons. The lowest BCUT2D eigenvalue weighted by Crippen LogP contribution is -2.12. The molecule has 21 heavy (non-hydrogen) atoms. The summed E-state index contributed by atoms with van der Waals surface area (Å²) in [5.41, 5.74) is 0.603. The lowest BCUT2D eigenvalue weighted by Gasteiger charge is -2.11. The van der Waals surface area contributed by atoms with Crippen molar-refractivity contribution in [3.05, 3.63) is 64.0 Å². The monoisotopic (exact) mass is 290 g/mol. The molecule has 0 aliphatic carbocycles. The first-order valence-electron chi connectivity index (χ1n) is 6.51. The van der Waals surface area contributed by atoms with Gasteiger partial charge in [-0.3, -0.25) is 10.1 Å². The minimum Gasteiger partial charge on any atom is -0.457 e. The van der Waals surface area contributed by atoms with Gasteiger partial charge in [0.15, 0.2) is 0 Å². The minimum absolute atomic E-state index is 0.0529. The van der Waals surface area contributed by atoms with Crippen LogP contribution >= 0.6 is 0 Å². The van der Waals surface area contributed by atoms with Gasteiger partial charge in [0.2, 0.25) is 0 Å². The maximum Gasteiger partial charge on any atom is 0.273 e. The fraction of sp³-hybridized carbons (Fsp3) is 0.200. The van der Waals surface area contributed by atoms with Crippen molar-refractivity contribution in [2.24, 2.45) is 0 Å². The number of halogens is 1. The third kappa shape index (κ3) is 4.00. The Labute approximate surface area is 121 Å². The molecule has 0 bridgehead atoms. The number of hydrogen-bond acceptors (Lipinski definition) is 4. The third-order valence-corrected chi connectivity index (χ3v) is 2.84. The van der Waals surface area contributed by atoms with E-state index in [0.29, 0.717) is 23.6 Å². The smallest absolute Gasteiger partial charge is 0.273 e. The van der Waals surface area contributed by atoms with Crippen LogP contribution in [0.25, 0.3) is 0 Å². The summed E-state index contributed by atoms with van der Waals surface area (Å²) in [4.78, 5) is 10.3. The highest BCUT2D eigenvalue weighted by Crippen LogP contribution is 2.28. The van der Waals surface area contributed by atoms with E-state index in [9.17, 15) is 14.5 Å². The summed E-state index contributed by atoms with van der Waals surface area (Å²) in [5, 5.41) is 13.8. The molecule has 5 nitrogen and oxygen atoms in total. The van der Waals surface area contributed by atoms with E-state index in [1.54, 1.807) is 12.1 Å². The normalized spacial score (nSPS) is 10.4. The van der Waals surface area contributed by atoms with Crippen LogP contribution in [-0.2, 0) is 6.54 Å². The number of rotatable bonds is 6. The van der Waals surface area contributed by atoms with Crippen molar-refractivity contribution in [2.75, 3.05) is 6.54 Å². The molecule has 110 valence electrons. The summed E-state index contributed by atoms with van der Waals surface area (Å²) in [5.74, 6) is 0.459. The molecule has 0 aliphatic rings. The topological polar surface area (TPSA) is 64.4 Å². The van der Waals surface area contributed by atoms with Crippen molar-refractivity contribution in [1.82, 2.24) is 5.32 Å². The number of nitro benzene ring substituents is 1. The predicted octanol–water partition coefficient (Wildman–Crippen LogP) is 3.64. The van der Waals surface area contributed by atoms with Crippen LogP contribution in [0.15, 0.2) is 42.5 Å². The quantitative estimate of drug-likeness (QED) is 0.651. The Bertz CT molecular complexity index is 647. The van der Waals surface area contributed by atoms with Gasteiger partial charge in [0.25, 0.3) is 5.69 Å². The largest absolute Gasteiger partial charge is 0.457 e. The molecule has 0 heterocycles. The zero-order chi connectivity index (χ0) is 15.2. The van der Waals surface area contributed by atoms with Gasteiger partial charge < -0.3 is 10.1 Å². The third-order valence-electron chi connectivity index (χ3n) is 2.84. The van der Waals surface area contributed by atoms with Gasteiger partial charge in [0, 0.05) is 18.2 Å². The molecule has 6 heteroatoms. The van der Waals surface area contributed by atoms with Gasteiger partial charge in [-0.05, 0) is 30.8 Å². The molecule has 0 aromatic heterocycles. The number of hydrogen-bond donors (Lipinski definition) is 1. The average molecular weight is 290 g/mol. The fourth-order valence-corrected chi connectivity index (χ4v) is 1.83. The van der Waals surface area contributed by atoms with Crippen molar-refractivity contribution >= 4 is 5.69 Å². The molecule has 1 N–H and O–H groups in total. The summed E-state index contributed by atoms with van der Waals surface area (Å²) in [6, 6.07) is 10.1. The van der Waals surface area contributed by atoms with E-state index in [2.05, 4.69) is 5.32 Å². The second-order valence-corrected chi connectivity index (χ2v) is 4.39. The van der Waals surface area contributed by atoms with E-state index >= 15 is 0 Å². The van der Waals surface area contributed by atoms with Gasteiger partial charge in [-0.25, -0.2) is 4.39 Å². The first-order valence-corrected chi connectivity index (χ1v) is 6.51. The van der Waals surface area contributed by atoms with Crippen molar-refractivity contribution in [3.8, 4) is 11.5 Å². The van der Waals surface area contributed by atoms with E-state index in [1.165, 1.54) is 30.3 Å². The zero-order valence-corrected chi connectivity index (χ0v) is 11.5. The van der Waals surface area contributed by atoms with Crippen LogP contribution in [0.4, 0.5) is 10.1 Å². The number of nitro groups is 1. The van der Waals surface area contributed by atoms with E-state index < -0.39 is 4.92 Å². The van der Waals surface area contributed by atoms with E-state index in [1.807, 2.05) is 6.92 Å². The van der Waals surface area contributed by atoms with Crippen molar-refractivity contribution in [1.29, 1.82) is 0 Å². The Hall–Kier alpha value is -2.47. The molecule has 0 aliphatic heterocycles. The molecule has 0 fully saturated rings. The Kier molecular flexibility index (Phi) is 4.84. The fourth-order valence-electron chi connectivity index (χ4n) is 1.83. The van der Waals surface area contributed by atoms with Crippen LogP contribution < -0.4 is 10.1 Å². The van der Waals surface area contributed by atoms with Gasteiger partial charge in [-0.1, -0.05) is 13.0 Å². The minimum atomic E-state index is -0.489. The van der Waals surface area contributed by atoms with E-state index in [-0.39, 0.29) is 11.5 Å². The van der Waals surface area contributed by atoms with Gasteiger partial charge in [0.1, 0.15) is 17.3 Å². The summed E-state index contributed by atoms with van der Waals surface area (Å²) in [6.07, 6.45) is 0. The standard InChI is InChI=1S/C15H15FN2O3/c1-2-17-10-11-8-12(16)6-7-15(11)21-14-5-3-4-13(9-14)18(19)20/h3-9,17H,2,10H2,1H3. The second-order valence-electron chi connectivity index (χ2n) is 4.39. The first kappa shape index (κ1) is 14.9. The molecule has 0 saturated carbocycles. The van der Waals surface area contributed by atoms with Crippen LogP contribution in [-0.4, -0.2) is 11.5 Å². The summed E-state index contributed by atoms with van der Waals surface area (Å²) < 4.78 is 19.0. The molecule has 2 aromatic carbocycles. The highest BCUT2D eigenvalue weighted by molar-refractivity contribution is 5.42. The van der Waals surface area contributed by atoms with Gasteiger partial charge in [-0.15, -0.1) is 0 Å². The van der Waals surface area contributed by atoms with Crippen LogP contribution in [0, 0.1) is 15.9 Å². The molecule has 0 atom stereocenters. The Morgan fingerprint density at radius 3 is 2.81 bits per heavy atom. The second kappa shape index (κ2) is 6.81. The number of benzene rings is 2. The lowest BCUT2D eigenvalue weighted by atomic mass is 10.2. The van der Waals surface area contributed by atoms with Crippen molar-refractivity contribution < 1.29 is 14.1 Å². The number of non-ortho nitro benzene ring substituents is 1. The summed E-state index contributed by atoms with van der Waals surface area (Å²) >= 11 is 0. The molecule has 0 unspecified atom stereocenters. The summed E-state index contributed by atoms with van der Waals surface area (Å²) in [7, 11) is 0. The zero-order valence-electron chi connectivity index (χ0n) is 11.5. The van der Waals surface area contributed by atoms with Crippen molar-refractivity contribution in [2.45, 2.75) is 13.5 Å². The first-order chi connectivity index (χ1) is 10.1. The van der Waals surface area contributed by atoms with Crippen LogP contribution in [0.5, 0.6) is 11.5 Å². The van der Waals surface area contributed by atoms with Crippen molar-refractivity contribution in [3.63, 3.8) is 0 Å². The maximum atomic E-state index is 13.3. The van der Waals surface area contributed by atoms with Crippen LogP contribution in [0.2, 0.25) is 0 Å². The van der Waals surface area contributed by atoms with Gasteiger partial charge in [0.05, 0.1) is 11.0 Å². The number of ether oxygens (including phenoxy) is 1. The molecule has 0 saturated heterocycles. The number of nitrogens with zero attached hydrogens (tertiary/aromatic N) is 1. The Morgan fingerprint density at radius 1 is 1.29 bits per heavy atom. The SMILES string of the molecule is CCNCc1cc(F)ccc1Oc1cccc([N+](=O)[O-])c1. The van der Waals surface area contributed by atoms with E-state index in [4.69, 9.17) is 4.74 Å². The molecular formula is C15H15FN2O3.